The van der Waals surface area contributed by atoms with Gasteiger partial charge in [0, 0.05) is 25.7 Å². The molecular formula is C18H29Cl2FN2O. The second kappa shape index (κ2) is 10.6. The molecule has 2 heterocycles. The van der Waals surface area contributed by atoms with Crippen molar-refractivity contribution in [2.45, 2.75) is 44.2 Å². The van der Waals surface area contributed by atoms with E-state index in [1.54, 1.807) is 12.1 Å². The zero-order valence-corrected chi connectivity index (χ0v) is 15.7. The molecular weight excluding hydrogens is 350 g/mol. The highest BCUT2D eigenvalue weighted by Crippen LogP contribution is 2.23. The molecule has 2 N–H and O–H groups in total. The monoisotopic (exact) mass is 378 g/mol. The molecule has 2 fully saturated rings. The van der Waals surface area contributed by atoms with Crippen LogP contribution in [0.15, 0.2) is 24.3 Å². The molecule has 3 atom stereocenters. The van der Waals surface area contributed by atoms with Crippen LogP contribution in [0.3, 0.4) is 0 Å². The van der Waals surface area contributed by atoms with Crippen molar-refractivity contribution >= 4 is 24.8 Å². The van der Waals surface area contributed by atoms with Crippen LogP contribution in [0.2, 0.25) is 0 Å². The van der Waals surface area contributed by atoms with Gasteiger partial charge in [-0.15, -0.1) is 24.8 Å². The first-order valence-electron chi connectivity index (χ1n) is 8.54. The Bertz CT molecular complexity index is 475. The van der Waals surface area contributed by atoms with Gasteiger partial charge in [0.15, 0.2) is 0 Å². The van der Waals surface area contributed by atoms with Crippen molar-refractivity contribution in [2.75, 3.05) is 26.2 Å². The molecule has 0 bridgehead atoms. The Labute approximate surface area is 156 Å². The summed E-state index contributed by atoms with van der Waals surface area (Å²) in [6, 6.07) is 7.13. The molecule has 0 unspecified atom stereocenters. The van der Waals surface area contributed by atoms with E-state index in [0.717, 1.165) is 45.5 Å². The van der Waals surface area contributed by atoms with Crippen LogP contribution in [-0.4, -0.2) is 43.3 Å². The first-order valence-corrected chi connectivity index (χ1v) is 8.54. The molecule has 2 aliphatic heterocycles. The lowest BCUT2D eigenvalue weighted by molar-refractivity contribution is -0.0248. The standard InChI is InChI=1S/C18H27FN2O.2ClH/c19-16-7-5-14(6-8-16)11-15-3-1-9-21(12-15)13-18-17(20)4-2-10-22-18;;/h5-8,15,17-18H,1-4,9-13,20H2;2*1H/t15-,17+,18-;;/m0../s1. The van der Waals surface area contributed by atoms with Crippen LogP contribution in [0.1, 0.15) is 31.2 Å². The summed E-state index contributed by atoms with van der Waals surface area (Å²) in [5.74, 6) is 0.497. The van der Waals surface area contributed by atoms with E-state index < -0.39 is 0 Å². The van der Waals surface area contributed by atoms with Gasteiger partial charge in [0.1, 0.15) is 5.82 Å². The van der Waals surface area contributed by atoms with Crippen LogP contribution in [-0.2, 0) is 11.2 Å². The summed E-state index contributed by atoms with van der Waals surface area (Å²) in [5.41, 5.74) is 7.42. The van der Waals surface area contributed by atoms with E-state index in [9.17, 15) is 4.39 Å². The molecule has 0 spiro atoms. The molecule has 0 aromatic heterocycles. The summed E-state index contributed by atoms with van der Waals surface area (Å²) in [6.45, 7) is 4.06. The number of rotatable bonds is 4. The third kappa shape index (κ3) is 6.16. The van der Waals surface area contributed by atoms with Gasteiger partial charge >= 0.3 is 0 Å². The van der Waals surface area contributed by atoms with Gasteiger partial charge in [-0.25, -0.2) is 4.39 Å². The van der Waals surface area contributed by atoms with E-state index in [0.29, 0.717) is 5.92 Å². The maximum Gasteiger partial charge on any atom is 0.123 e. The van der Waals surface area contributed by atoms with Gasteiger partial charge in [-0.05, 0) is 62.3 Å². The fourth-order valence-corrected chi connectivity index (χ4v) is 3.74. The summed E-state index contributed by atoms with van der Waals surface area (Å²) in [5, 5.41) is 0. The zero-order valence-electron chi connectivity index (χ0n) is 14.0. The molecule has 6 heteroatoms. The predicted octanol–water partition coefficient (Wildman–Crippen LogP) is 3.43. The minimum Gasteiger partial charge on any atom is -0.375 e. The van der Waals surface area contributed by atoms with Crippen molar-refractivity contribution in [1.29, 1.82) is 0 Å². The summed E-state index contributed by atoms with van der Waals surface area (Å²) >= 11 is 0. The second-order valence-electron chi connectivity index (χ2n) is 6.81. The van der Waals surface area contributed by atoms with Crippen molar-refractivity contribution in [3.05, 3.63) is 35.6 Å². The molecule has 0 aliphatic carbocycles. The smallest absolute Gasteiger partial charge is 0.123 e. The largest absolute Gasteiger partial charge is 0.375 e. The fourth-order valence-electron chi connectivity index (χ4n) is 3.74. The van der Waals surface area contributed by atoms with Crippen molar-refractivity contribution in [3.8, 4) is 0 Å². The lowest BCUT2D eigenvalue weighted by atomic mass is 9.90. The first-order chi connectivity index (χ1) is 10.7. The van der Waals surface area contributed by atoms with E-state index in [-0.39, 0.29) is 42.8 Å². The number of halogens is 3. The van der Waals surface area contributed by atoms with E-state index in [1.165, 1.54) is 18.4 Å². The minimum atomic E-state index is -0.155. The van der Waals surface area contributed by atoms with Gasteiger partial charge in [-0.3, -0.25) is 0 Å². The third-order valence-electron chi connectivity index (χ3n) is 4.97. The Kier molecular flexibility index (Phi) is 9.53. The van der Waals surface area contributed by atoms with Crippen LogP contribution in [0, 0.1) is 11.7 Å². The highest BCUT2D eigenvalue weighted by Gasteiger charge is 2.27. The van der Waals surface area contributed by atoms with Crippen molar-refractivity contribution < 1.29 is 9.13 Å². The first kappa shape index (κ1) is 21.7. The Morgan fingerprint density at radius 3 is 2.58 bits per heavy atom. The number of likely N-dealkylation sites (tertiary alicyclic amines) is 1. The van der Waals surface area contributed by atoms with Gasteiger partial charge < -0.3 is 15.4 Å². The lowest BCUT2D eigenvalue weighted by Crippen LogP contribution is -2.49. The van der Waals surface area contributed by atoms with Crippen LogP contribution in [0.25, 0.3) is 0 Å². The number of ether oxygens (including phenoxy) is 1. The summed E-state index contributed by atoms with van der Waals surface area (Å²) in [6.07, 6.45) is 5.88. The quantitative estimate of drug-likeness (QED) is 0.871. The van der Waals surface area contributed by atoms with Crippen molar-refractivity contribution in [2.24, 2.45) is 11.7 Å². The topological polar surface area (TPSA) is 38.5 Å². The van der Waals surface area contributed by atoms with Crippen molar-refractivity contribution in [3.63, 3.8) is 0 Å². The summed E-state index contributed by atoms with van der Waals surface area (Å²) in [7, 11) is 0. The predicted molar refractivity (Wildman–Crippen MR) is 101 cm³/mol. The minimum absolute atomic E-state index is 0. The lowest BCUT2D eigenvalue weighted by Gasteiger charge is -2.38. The number of benzene rings is 1. The average Bonchev–Trinajstić information content (AvgIpc) is 2.52. The normalized spacial score (nSPS) is 27.8. The zero-order chi connectivity index (χ0) is 15.4. The number of hydrogen-bond donors (Lipinski definition) is 1. The molecule has 0 radical (unpaired) electrons. The second-order valence-corrected chi connectivity index (χ2v) is 6.81. The Morgan fingerprint density at radius 1 is 1.12 bits per heavy atom. The van der Waals surface area contributed by atoms with E-state index >= 15 is 0 Å². The summed E-state index contributed by atoms with van der Waals surface area (Å²) in [4.78, 5) is 2.51. The fraction of sp³-hybridized carbons (Fsp3) is 0.667. The molecule has 1 aromatic carbocycles. The molecule has 2 saturated heterocycles. The highest BCUT2D eigenvalue weighted by molar-refractivity contribution is 5.85. The molecule has 0 amide bonds. The van der Waals surface area contributed by atoms with E-state index in [2.05, 4.69) is 4.90 Å². The van der Waals surface area contributed by atoms with E-state index in [1.807, 2.05) is 12.1 Å². The van der Waals surface area contributed by atoms with Crippen molar-refractivity contribution in [1.82, 2.24) is 4.90 Å². The number of hydrogen-bond acceptors (Lipinski definition) is 3. The third-order valence-corrected chi connectivity index (χ3v) is 4.97. The number of nitrogens with zero attached hydrogens (tertiary/aromatic N) is 1. The summed E-state index contributed by atoms with van der Waals surface area (Å²) < 4.78 is 18.8. The van der Waals surface area contributed by atoms with Crippen LogP contribution in [0.4, 0.5) is 4.39 Å². The molecule has 24 heavy (non-hydrogen) atoms. The molecule has 3 rings (SSSR count). The van der Waals surface area contributed by atoms with Gasteiger partial charge in [0.25, 0.3) is 0 Å². The van der Waals surface area contributed by atoms with Crippen LogP contribution in [0.5, 0.6) is 0 Å². The van der Waals surface area contributed by atoms with Crippen LogP contribution >= 0.6 is 24.8 Å². The van der Waals surface area contributed by atoms with Gasteiger partial charge in [-0.1, -0.05) is 12.1 Å². The maximum absolute atomic E-state index is 13.0. The van der Waals surface area contributed by atoms with Crippen LogP contribution < -0.4 is 5.73 Å². The van der Waals surface area contributed by atoms with E-state index in [4.69, 9.17) is 10.5 Å². The Hall–Kier alpha value is -0.390. The van der Waals surface area contributed by atoms with Gasteiger partial charge in [0.05, 0.1) is 6.10 Å². The maximum atomic E-state index is 13.0. The Balaban J connectivity index is 0.00000144. The Morgan fingerprint density at radius 2 is 1.88 bits per heavy atom. The number of piperidine rings is 1. The van der Waals surface area contributed by atoms with Gasteiger partial charge in [0.2, 0.25) is 0 Å². The molecule has 138 valence electrons. The highest BCUT2D eigenvalue weighted by atomic mass is 35.5. The average molecular weight is 379 g/mol. The SMILES string of the molecule is Cl.Cl.N[C@@H]1CCCO[C@H]1CN1CCC[C@@H](Cc2ccc(F)cc2)C1. The molecule has 0 saturated carbocycles. The number of nitrogens with two attached hydrogens (primary N) is 1. The molecule has 1 aromatic rings. The molecule has 2 aliphatic rings. The molecule has 3 nitrogen and oxygen atoms in total. The van der Waals surface area contributed by atoms with Gasteiger partial charge in [-0.2, -0.15) is 0 Å².